The van der Waals surface area contributed by atoms with E-state index in [0.717, 1.165) is 6.42 Å². The van der Waals surface area contributed by atoms with Gasteiger partial charge in [0.25, 0.3) is 0 Å². The summed E-state index contributed by atoms with van der Waals surface area (Å²) >= 11 is 11.2. The second kappa shape index (κ2) is 1.05. The lowest BCUT2D eigenvalue weighted by Crippen LogP contribution is -1.89. The molecule has 1 saturated carbocycles. The molecule has 0 amide bonds. The molecule has 0 aliphatic heterocycles. The second-order valence-corrected chi connectivity index (χ2v) is 3.34. The third-order valence-electron chi connectivity index (χ3n) is 1.07. The molecule has 0 aromatic rings. The van der Waals surface area contributed by atoms with Crippen molar-refractivity contribution in [2.24, 2.45) is 0 Å². The van der Waals surface area contributed by atoms with Crippen molar-refractivity contribution in [1.82, 2.24) is 0 Å². The molecule has 1 fully saturated rings. The van der Waals surface area contributed by atoms with Crippen molar-refractivity contribution in [3.8, 4) is 0 Å². The molecule has 1 rings (SSSR count). The molecular weight excluding hydrogens is 119 g/mol. The summed E-state index contributed by atoms with van der Waals surface area (Å²) in [7, 11) is 0. The highest BCUT2D eigenvalue weighted by atomic mass is 35.5. The quantitative estimate of drug-likeness (QED) is 0.434. The van der Waals surface area contributed by atoms with Gasteiger partial charge in [0.15, 0.2) is 0 Å². The van der Waals surface area contributed by atoms with E-state index in [1.807, 2.05) is 6.92 Å². The molecule has 0 radical (unpaired) electrons. The van der Waals surface area contributed by atoms with Gasteiger partial charge in [-0.05, 0) is 13.3 Å². The van der Waals surface area contributed by atoms with Crippen LogP contribution in [0.2, 0.25) is 0 Å². The van der Waals surface area contributed by atoms with E-state index in [1.54, 1.807) is 0 Å². The Kier molecular flexibility index (Phi) is 0.825. The smallest absolute Gasteiger partial charge is 0.0597 e. The lowest BCUT2D eigenvalue weighted by molar-refractivity contribution is 1.04. The van der Waals surface area contributed by atoms with Gasteiger partial charge in [0, 0.05) is 0 Å². The molecule has 1 aliphatic rings. The van der Waals surface area contributed by atoms with Crippen molar-refractivity contribution in [3.63, 3.8) is 0 Å². The molecule has 36 valence electrons. The Morgan fingerprint density at radius 2 is 2.00 bits per heavy atom. The molecule has 0 spiro atoms. The van der Waals surface area contributed by atoms with E-state index in [4.69, 9.17) is 23.2 Å². The summed E-state index contributed by atoms with van der Waals surface area (Å²) in [5.41, 5.74) is 0. The highest BCUT2D eigenvalue weighted by molar-refractivity contribution is 6.36. The third kappa shape index (κ3) is 0.640. The Labute approximate surface area is 47.4 Å². The largest absolute Gasteiger partial charge is 0.121 e. The first-order chi connectivity index (χ1) is 2.63. The average Bonchev–Trinajstić information content (AvgIpc) is 1.73. The number of hydrogen-bond donors (Lipinski definition) is 0. The zero-order valence-corrected chi connectivity index (χ0v) is 5.05. The Bertz CT molecular complexity index is 67.9. The first-order valence-corrected chi connectivity index (χ1v) is 2.77. The lowest BCUT2D eigenvalue weighted by Gasteiger charge is -1.86. The van der Waals surface area contributed by atoms with Gasteiger partial charge in [0.05, 0.1) is 10.3 Å². The van der Waals surface area contributed by atoms with Crippen molar-refractivity contribution >= 4 is 23.2 Å². The van der Waals surface area contributed by atoms with Crippen LogP contribution in [0.1, 0.15) is 13.3 Å². The molecule has 0 aromatic carbocycles. The molecule has 0 nitrogen and oxygen atoms in total. The molecule has 0 bridgehead atoms. The van der Waals surface area contributed by atoms with Crippen LogP contribution in [-0.4, -0.2) is 10.3 Å². The summed E-state index contributed by atoms with van der Waals surface area (Å²) in [6, 6.07) is 0. The number of hydrogen-bond acceptors (Lipinski definition) is 0. The maximum atomic E-state index is 5.66. The third-order valence-corrected chi connectivity index (χ3v) is 2.24. The van der Waals surface area contributed by atoms with E-state index in [1.165, 1.54) is 0 Å². The van der Waals surface area contributed by atoms with Gasteiger partial charge in [-0.15, -0.1) is 23.2 Å². The Morgan fingerprint density at radius 3 is 2.00 bits per heavy atom. The minimum Gasteiger partial charge on any atom is -0.121 e. The minimum atomic E-state index is -0.0540. The van der Waals surface area contributed by atoms with Crippen LogP contribution in [0.15, 0.2) is 0 Å². The van der Waals surface area contributed by atoms with E-state index in [2.05, 4.69) is 0 Å². The molecule has 6 heavy (non-hydrogen) atoms. The molecule has 0 saturated heterocycles. The minimum absolute atomic E-state index is 0.0540. The van der Waals surface area contributed by atoms with Gasteiger partial charge in [-0.25, -0.2) is 0 Å². The highest BCUT2D eigenvalue weighted by Gasteiger charge is 2.47. The van der Waals surface area contributed by atoms with E-state index < -0.39 is 0 Å². The number of alkyl halides is 2. The van der Waals surface area contributed by atoms with Crippen LogP contribution < -0.4 is 0 Å². The van der Waals surface area contributed by atoms with Crippen molar-refractivity contribution < 1.29 is 0 Å². The maximum Gasteiger partial charge on any atom is 0.0597 e. The maximum absolute atomic E-state index is 5.66. The van der Waals surface area contributed by atoms with Gasteiger partial charge in [-0.1, -0.05) is 0 Å². The first kappa shape index (κ1) is 4.73. The molecule has 0 unspecified atom stereocenters. The van der Waals surface area contributed by atoms with Crippen LogP contribution >= 0.6 is 23.2 Å². The van der Waals surface area contributed by atoms with Crippen molar-refractivity contribution in [2.45, 2.75) is 23.6 Å². The van der Waals surface area contributed by atoms with E-state index in [0.29, 0.717) is 0 Å². The second-order valence-electron chi connectivity index (χ2n) is 1.95. The van der Waals surface area contributed by atoms with E-state index >= 15 is 0 Å². The summed E-state index contributed by atoms with van der Waals surface area (Å²) in [6.07, 6.45) is 0.968. The Balaban J connectivity index is 2.41. The van der Waals surface area contributed by atoms with Crippen LogP contribution in [0.4, 0.5) is 0 Å². The normalized spacial score (nSPS) is 55.5. The van der Waals surface area contributed by atoms with Crippen molar-refractivity contribution in [2.75, 3.05) is 0 Å². The van der Waals surface area contributed by atoms with Crippen molar-refractivity contribution in [1.29, 1.82) is 0 Å². The summed E-state index contributed by atoms with van der Waals surface area (Å²) in [6.45, 7) is 1.95. The predicted octanol–water partition coefficient (Wildman–Crippen LogP) is 2.00. The predicted molar refractivity (Wildman–Crippen MR) is 28.5 cm³/mol. The van der Waals surface area contributed by atoms with Gasteiger partial charge in [0.2, 0.25) is 0 Å². The van der Waals surface area contributed by atoms with E-state index in [-0.39, 0.29) is 10.3 Å². The zero-order valence-electron chi connectivity index (χ0n) is 3.54. The molecule has 2 heteroatoms. The summed E-state index contributed by atoms with van der Waals surface area (Å²) in [5.74, 6) is 0. The fourth-order valence-corrected chi connectivity index (χ4v) is 0.845. The molecule has 1 aliphatic carbocycles. The topological polar surface area (TPSA) is 0 Å². The van der Waals surface area contributed by atoms with Gasteiger partial charge < -0.3 is 0 Å². The van der Waals surface area contributed by atoms with Gasteiger partial charge in [-0.2, -0.15) is 0 Å². The monoisotopic (exact) mass is 124 g/mol. The Hall–Kier alpha value is 0.580. The summed E-state index contributed by atoms with van der Waals surface area (Å²) < 4.78 is 0. The number of rotatable bonds is 0. The van der Waals surface area contributed by atoms with Crippen LogP contribution in [-0.2, 0) is 0 Å². The van der Waals surface area contributed by atoms with Crippen LogP contribution in [0, 0.1) is 0 Å². The van der Waals surface area contributed by atoms with Gasteiger partial charge >= 0.3 is 0 Å². The van der Waals surface area contributed by atoms with Crippen LogP contribution in [0.3, 0.4) is 0 Å². The lowest BCUT2D eigenvalue weighted by atomic mass is 10.5. The first-order valence-electron chi connectivity index (χ1n) is 1.96. The van der Waals surface area contributed by atoms with Gasteiger partial charge in [0.1, 0.15) is 0 Å². The summed E-state index contributed by atoms with van der Waals surface area (Å²) in [4.78, 5) is -0.0540. The standard InChI is InChI=1S/C4H6Cl2/c1-4(6)2-3(4)5/h3H,2H2,1H3/t3-,4+/m0/s1. The molecule has 0 N–H and O–H groups in total. The van der Waals surface area contributed by atoms with Crippen molar-refractivity contribution in [3.05, 3.63) is 0 Å². The number of halogens is 2. The average molecular weight is 125 g/mol. The zero-order chi connectivity index (χ0) is 4.78. The molecule has 2 atom stereocenters. The SMILES string of the molecule is C[C@@]1(Cl)C[C@@H]1Cl. The van der Waals surface area contributed by atoms with Gasteiger partial charge in [-0.3, -0.25) is 0 Å². The fourth-order valence-electron chi connectivity index (χ4n) is 0.291. The van der Waals surface area contributed by atoms with Crippen LogP contribution in [0.25, 0.3) is 0 Å². The fraction of sp³-hybridized carbons (Fsp3) is 1.00. The molecular formula is C4H6Cl2. The Morgan fingerprint density at radius 1 is 1.83 bits per heavy atom. The highest BCUT2D eigenvalue weighted by Crippen LogP contribution is 2.46. The summed E-state index contributed by atoms with van der Waals surface area (Å²) in [5, 5.41) is 0.235. The molecule has 0 aromatic heterocycles. The van der Waals surface area contributed by atoms with Crippen LogP contribution in [0.5, 0.6) is 0 Å². The molecule has 0 heterocycles. The van der Waals surface area contributed by atoms with E-state index in [9.17, 15) is 0 Å².